The van der Waals surface area contributed by atoms with Crippen LogP contribution in [-0.4, -0.2) is 22.0 Å². The SMILES string of the molecule is O=C(Cn1c(=O)[nH]c2ccccc21)NCCc1ccc(Cl)cc1. The smallest absolute Gasteiger partial charge is 0.326 e. The van der Waals surface area contributed by atoms with Gasteiger partial charge in [0, 0.05) is 11.6 Å². The van der Waals surface area contributed by atoms with E-state index in [0.717, 1.165) is 16.6 Å². The van der Waals surface area contributed by atoms with Crippen LogP contribution < -0.4 is 11.0 Å². The summed E-state index contributed by atoms with van der Waals surface area (Å²) in [5.74, 6) is -0.189. The number of carbonyl (C=O) groups is 1. The van der Waals surface area contributed by atoms with Gasteiger partial charge in [0.2, 0.25) is 5.91 Å². The molecule has 1 amide bonds. The predicted molar refractivity (Wildman–Crippen MR) is 90.7 cm³/mol. The molecule has 0 fully saturated rings. The highest BCUT2D eigenvalue weighted by molar-refractivity contribution is 6.30. The van der Waals surface area contributed by atoms with Gasteiger partial charge in [-0.05, 0) is 36.2 Å². The van der Waals surface area contributed by atoms with E-state index in [0.29, 0.717) is 18.0 Å². The van der Waals surface area contributed by atoms with Crippen molar-refractivity contribution in [2.45, 2.75) is 13.0 Å². The lowest BCUT2D eigenvalue weighted by Crippen LogP contribution is -2.32. The minimum absolute atomic E-state index is 0.00344. The molecule has 3 rings (SSSR count). The van der Waals surface area contributed by atoms with Crippen molar-refractivity contribution in [2.75, 3.05) is 6.54 Å². The van der Waals surface area contributed by atoms with Crippen LogP contribution in [0.1, 0.15) is 5.56 Å². The zero-order chi connectivity index (χ0) is 16.2. The Bertz CT molecular complexity index is 881. The fourth-order valence-corrected chi connectivity index (χ4v) is 2.59. The molecule has 0 aliphatic carbocycles. The highest BCUT2D eigenvalue weighted by Crippen LogP contribution is 2.10. The first-order valence-corrected chi connectivity index (χ1v) is 7.70. The highest BCUT2D eigenvalue weighted by atomic mass is 35.5. The fraction of sp³-hybridized carbons (Fsp3) is 0.176. The zero-order valence-electron chi connectivity index (χ0n) is 12.4. The molecule has 0 atom stereocenters. The van der Waals surface area contributed by atoms with E-state index < -0.39 is 0 Å². The number of aromatic amines is 1. The van der Waals surface area contributed by atoms with E-state index in [-0.39, 0.29) is 18.1 Å². The number of carbonyl (C=O) groups excluding carboxylic acids is 1. The number of benzene rings is 2. The van der Waals surface area contributed by atoms with Crippen LogP contribution in [0.4, 0.5) is 0 Å². The van der Waals surface area contributed by atoms with E-state index in [1.54, 1.807) is 0 Å². The van der Waals surface area contributed by atoms with Gasteiger partial charge in [0.05, 0.1) is 11.0 Å². The number of rotatable bonds is 5. The summed E-state index contributed by atoms with van der Waals surface area (Å²) in [6.45, 7) is 0.515. The molecule has 118 valence electrons. The zero-order valence-corrected chi connectivity index (χ0v) is 13.1. The number of H-pyrrole nitrogens is 1. The second kappa shape index (κ2) is 6.71. The van der Waals surface area contributed by atoms with Gasteiger partial charge in [-0.3, -0.25) is 9.36 Å². The number of aromatic nitrogens is 2. The second-order valence-corrected chi connectivity index (χ2v) is 5.70. The predicted octanol–water partition coefficient (Wildman–Crippen LogP) is 2.34. The molecule has 6 heteroatoms. The third-order valence-corrected chi connectivity index (χ3v) is 3.88. The van der Waals surface area contributed by atoms with E-state index in [1.807, 2.05) is 48.5 Å². The Morgan fingerprint density at radius 1 is 1.13 bits per heavy atom. The highest BCUT2D eigenvalue weighted by Gasteiger charge is 2.09. The van der Waals surface area contributed by atoms with Crippen LogP contribution in [0.15, 0.2) is 53.3 Å². The summed E-state index contributed by atoms with van der Waals surface area (Å²) in [5.41, 5.74) is 2.27. The van der Waals surface area contributed by atoms with Crippen molar-refractivity contribution in [3.8, 4) is 0 Å². The molecule has 0 unspecified atom stereocenters. The van der Waals surface area contributed by atoms with Gasteiger partial charge < -0.3 is 10.3 Å². The molecule has 0 radical (unpaired) electrons. The Morgan fingerprint density at radius 3 is 2.65 bits per heavy atom. The Kier molecular flexibility index (Phi) is 4.48. The Balaban J connectivity index is 1.59. The van der Waals surface area contributed by atoms with Gasteiger partial charge in [-0.25, -0.2) is 4.79 Å². The molecule has 3 aromatic rings. The van der Waals surface area contributed by atoms with Crippen molar-refractivity contribution < 1.29 is 4.79 Å². The van der Waals surface area contributed by atoms with Crippen LogP contribution in [-0.2, 0) is 17.8 Å². The van der Waals surface area contributed by atoms with Gasteiger partial charge >= 0.3 is 5.69 Å². The minimum Gasteiger partial charge on any atom is -0.354 e. The molecule has 0 saturated carbocycles. The average Bonchev–Trinajstić information content (AvgIpc) is 2.85. The van der Waals surface area contributed by atoms with Crippen LogP contribution in [0, 0.1) is 0 Å². The Hall–Kier alpha value is -2.53. The summed E-state index contributed by atoms with van der Waals surface area (Å²) in [5, 5.41) is 3.52. The number of fused-ring (bicyclic) bond motifs is 1. The standard InChI is InChI=1S/C17H16ClN3O2/c18-13-7-5-12(6-8-13)9-10-19-16(22)11-21-15-4-2-1-3-14(15)20-17(21)23/h1-8H,9-11H2,(H,19,22)(H,20,23). The van der Waals surface area contributed by atoms with Gasteiger partial charge in [0.15, 0.2) is 0 Å². The number of hydrogen-bond acceptors (Lipinski definition) is 2. The number of amides is 1. The Morgan fingerprint density at radius 2 is 1.87 bits per heavy atom. The molecule has 23 heavy (non-hydrogen) atoms. The maximum Gasteiger partial charge on any atom is 0.326 e. The second-order valence-electron chi connectivity index (χ2n) is 5.26. The van der Waals surface area contributed by atoms with Crippen molar-refractivity contribution in [1.82, 2.24) is 14.9 Å². The molecule has 2 N–H and O–H groups in total. The molecular weight excluding hydrogens is 314 g/mol. The van der Waals surface area contributed by atoms with Gasteiger partial charge in [-0.1, -0.05) is 35.9 Å². The molecule has 0 aliphatic rings. The quantitative estimate of drug-likeness (QED) is 0.754. The molecule has 0 saturated heterocycles. The molecule has 2 aromatic carbocycles. The summed E-state index contributed by atoms with van der Waals surface area (Å²) >= 11 is 5.83. The van der Waals surface area contributed by atoms with Gasteiger partial charge in [0.1, 0.15) is 6.54 Å². The molecule has 0 aliphatic heterocycles. The first kappa shape index (κ1) is 15.4. The molecule has 0 spiro atoms. The van der Waals surface area contributed by atoms with Crippen LogP contribution in [0.25, 0.3) is 11.0 Å². The monoisotopic (exact) mass is 329 g/mol. The number of halogens is 1. The lowest BCUT2D eigenvalue weighted by Gasteiger charge is -2.06. The summed E-state index contributed by atoms with van der Waals surface area (Å²) in [6.07, 6.45) is 0.714. The lowest BCUT2D eigenvalue weighted by atomic mass is 10.1. The summed E-state index contributed by atoms with van der Waals surface area (Å²) in [4.78, 5) is 26.7. The largest absolute Gasteiger partial charge is 0.354 e. The van der Waals surface area contributed by atoms with Gasteiger partial charge in [-0.2, -0.15) is 0 Å². The molecule has 1 heterocycles. The van der Waals surface area contributed by atoms with E-state index in [1.165, 1.54) is 4.57 Å². The number of nitrogens with one attached hydrogen (secondary N) is 2. The van der Waals surface area contributed by atoms with E-state index >= 15 is 0 Å². The normalized spacial score (nSPS) is 10.8. The van der Waals surface area contributed by atoms with Crippen LogP contribution in [0.5, 0.6) is 0 Å². The number of nitrogens with zero attached hydrogens (tertiary/aromatic N) is 1. The van der Waals surface area contributed by atoms with Crippen LogP contribution in [0.2, 0.25) is 5.02 Å². The first-order chi connectivity index (χ1) is 11.1. The maximum absolute atomic E-state index is 12.0. The van der Waals surface area contributed by atoms with E-state index in [4.69, 9.17) is 11.6 Å². The third-order valence-electron chi connectivity index (χ3n) is 3.63. The first-order valence-electron chi connectivity index (χ1n) is 7.32. The summed E-state index contributed by atoms with van der Waals surface area (Å²) < 4.78 is 1.44. The summed E-state index contributed by atoms with van der Waals surface area (Å²) in [6, 6.07) is 14.8. The number of hydrogen-bond donors (Lipinski definition) is 2. The molecular formula is C17H16ClN3O2. The maximum atomic E-state index is 12.0. The lowest BCUT2D eigenvalue weighted by molar-refractivity contribution is -0.121. The van der Waals surface area contributed by atoms with Crippen molar-refractivity contribution in [1.29, 1.82) is 0 Å². The van der Waals surface area contributed by atoms with Gasteiger partial charge in [-0.15, -0.1) is 0 Å². The molecule has 1 aromatic heterocycles. The third kappa shape index (κ3) is 3.63. The van der Waals surface area contributed by atoms with Crippen molar-refractivity contribution >= 4 is 28.5 Å². The van der Waals surface area contributed by atoms with Crippen molar-refractivity contribution in [2.24, 2.45) is 0 Å². The average molecular weight is 330 g/mol. The molecule has 5 nitrogen and oxygen atoms in total. The fourth-order valence-electron chi connectivity index (χ4n) is 2.46. The number of para-hydroxylation sites is 2. The Labute approximate surface area is 137 Å². The van der Waals surface area contributed by atoms with Crippen LogP contribution >= 0.6 is 11.6 Å². The van der Waals surface area contributed by atoms with Gasteiger partial charge in [0.25, 0.3) is 0 Å². The van der Waals surface area contributed by atoms with E-state index in [9.17, 15) is 9.59 Å². The minimum atomic E-state index is -0.279. The molecule has 0 bridgehead atoms. The van der Waals surface area contributed by atoms with E-state index in [2.05, 4.69) is 10.3 Å². The van der Waals surface area contributed by atoms with Crippen LogP contribution in [0.3, 0.4) is 0 Å². The van der Waals surface area contributed by atoms with Crippen molar-refractivity contribution in [3.63, 3.8) is 0 Å². The number of imidazole rings is 1. The van der Waals surface area contributed by atoms with Crippen molar-refractivity contribution in [3.05, 3.63) is 69.6 Å². The summed E-state index contributed by atoms with van der Waals surface area (Å²) in [7, 11) is 0. The topological polar surface area (TPSA) is 66.9 Å².